The van der Waals surface area contributed by atoms with E-state index in [4.69, 9.17) is 18.9 Å². The minimum atomic E-state index is -0.477. The molecule has 0 aromatic carbocycles. The molecule has 4 aliphatic heterocycles. The van der Waals surface area contributed by atoms with Crippen LogP contribution in [0.25, 0.3) is 0 Å². The van der Waals surface area contributed by atoms with Crippen molar-refractivity contribution in [2.75, 3.05) is 33.0 Å². The van der Waals surface area contributed by atoms with E-state index in [0.717, 1.165) is 76.0 Å². The van der Waals surface area contributed by atoms with Crippen molar-refractivity contribution in [3.05, 3.63) is 0 Å². The van der Waals surface area contributed by atoms with Crippen LogP contribution in [0.1, 0.15) is 202 Å². The van der Waals surface area contributed by atoms with E-state index in [0.29, 0.717) is 29.6 Å². The third kappa shape index (κ3) is 34.8. The minimum absolute atomic E-state index is 0.477. The van der Waals surface area contributed by atoms with Gasteiger partial charge in [0.15, 0.2) is 0 Å². The van der Waals surface area contributed by atoms with Crippen molar-refractivity contribution in [1.29, 1.82) is 0 Å². The first-order valence-corrected chi connectivity index (χ1v) is 21.9. The van der Waals surface area contributed by atoms with Gasteiger partial charge in [-0.1, -0.05) is 111 Å². The van der Waals surface area contributed by atoms with E-state index in [1.54, 1.807) is 0 Å². The maximum absolute atomic E-state index is 12.2. The molecule has 0 aromatic rings. The van der Waals surface area contributed by atoms with E-state index in [1.165, 1.54) is 57.8 Å². The van der Waals surface area contributed by atoms with E-state index in [2.05, 4.69) is 69.2 Å². The predicted octanol–water partition coefficient (Wildman–Crippen LogP) is 14.6. The zero-order valence-corrected chi connectivity index (χ0v) is 37.7. The van der Waals surface area contributed by atoms with Crippen molar-refractivity contribution < 1.29 is 23.3 Å². The number of alkyl halides is 1. The van der Waals surface area contributed by atoms with Crippen LogP contribution < -0.4 is 0 Å². The van der Waals surface area contributed by atoms with E-state index in [1.807, 2.05) is 55.4 Å². The third-order valence-electron chi connectivity index (χ3n) is 9.66. The second kappa shape index (κ2) is 38.5. The first-order chi connectivity index (χ1) is 23.8. The number of rotatable bonds is 1. The van der Waals surface area contributed by atoms with Crippen LogP contribution in [0, 0.1) is 35.0 Å². The molecule has 50 heavy (non-hydrogen) atoms. The molecule has 4 nitrogen and oxygen atoms in total. The Labute approximate surface area is 316 Å². The molecule has 0 bridgehead atoms. The normalized spacial score (nSPS) is 30.3. The fraction of sp³-hybridized carbons (Fsp3) is 1.00. The molecule has 8 atom stereocenters. The lowest BCUT2D eigenvalue weighted by Gasteiger charge is -2.33. The molecule has 1 aliphatic carbocycles. The second-order valence-electron chi connectivity index (χ2n) is 15.4. The quantitative estimate of drug-likeness (QED) is 0.270. The van der Waals surface area contributed by atoms with Gasteiger partial charge in [-0.25, -0.2) is 4.39 Å². The van der Waals surface area contributed by atoms with Gasteiger partial charge in [0.25, 0.3) is 0 Å². The molecule has 0 amide bonds. The van der Waals surface area contributed by atoms with Gasteiger partial charge in [-0.3, -0.25) is 0 Å². The fourth-order valence-corrected chi connectivity index (χ4v) is 6.50. The molecule has 308 valence electrons. The molecule has 5 fully saturated rings. The summed E-state index contributed by atoms with van der Waals surface area (Å²) in [4.78, 5) is 0. The molecular weight excluding hydrogens is 623 g/mol. The molecular formula is C45H97FO4. The molecule has 4 heterocycles. The Balaban J connectivity index is -0.000000252. The highest BCUT2D eigenvalue weighted by molar-refractivity contribution is 4.76. The summed E-state index contributed by atoms with van der Waals surface area (Å²) in [6.45, 7) is 43.3. The first kappa shape index (κ1) is 56.5. The molecule has 5 rings (SSSR count). The molecule has 0 radical (unpaired) electrons. The average molecular weight is 721 g/mol. The van der Waals surface area contributed by atoms with Crippen molar-refractivity contribution in [1.82, 2.24) is 0 Å². The number of hydrogen-bond donors (Lipinski definition) is 0. The monoisotopic (exact) mass is 721 g/mol. The average Bonchev–Trinajstić information content (AvgIpc) is 3.51. The summed E-state index contributed by atoms with van der Waals surface area (Å²) in [7, 11) is 0. The van der Waals surface area contributed by atoms with Crippen molar-refractivity contribution >= 4 is 0 Å². The lowest BCUT2D eigenvalue weighted by molar-refractivity contribution is -0.00645. The molecule has 0 spiro atoms. The Morgan fingerprint density at radius 1 is 0.480 bits per heavy atom. The molecule has 5 heteroatoms. The standard InChI is InChI=1S/C9H18O.C8H16O.2C7H14O.C6H11F.4C2H6/c1-9(2,3)8-4-6-10-7-5-8;1-3-8-6-7(2)4-5-9-8;2*1-6-3-4-8-7(2)5-6;1-5-2-3-6(7)4-5;4*1-2/h8H,4-7H2,1-3H3;7-8H,3-6H2,1-2H3;2*6-7H,3-5H2,1-2H3;5-6H,2-4H2,1H3;4*1-2H3/t;7-,8-;2*6-,7-;5-,6+;;;;/m.1100..../s1. The summed E-state index contributed by atoms with van der Waals surface area (Å²) in [5, 5.41) is 0. The van der Waals surface area contributed by atoms with Gasteiger partial charge in [0.2, 0.25) is 0 Å². The van der Waals surface area contributed by atoms with Crippen LogP contribution >= 0.6 is 0 Å². The molecule has 4 saturated heterocycles. The van der Waals surface area contributed by atoms with Crippen molar-refractivity contribution in [3.8, 4) is 0 Å². The summed E-state index contributed by atoms with van der Waals surface area (Å²) < 4.78 is 33.7. The Hall–Kier alpha value is -0.230. The highest BCUT2D eigenvalue weighted by atomic mass is 19.1. The van der Waals surface area contributed by atoms with Crippen LogP contribution in [0.2, 0.25) is 0 Å². The third-order valence-corrected chi connectivity index (χ3v) is 9.66. The largest absolute Gasteiger partial charge is 0.381 e. The predicted molar refractivity (Wildman–Crippen MR) is 222 cm³/mol. The maximum atomic E-state index is 12.2. The SMILES string of the molecule is CC.CC.CC.CC.CC(C)(C)C1CCOCC1.CC[C@@H]1C[C@H](C)CCO1.C[C@@H]1CCO[C@H](C)C1.C[C@H]1CCO[C@@H](C)C1.C[C@H]1CC[C@@H](F)C1. The molecule has 1 saturated carbocycles. The Bertz CT molecular complexity index is 589. The fourth-order valence-electron chi connectivity index (χ4n) is 6.50. The van der Waals surface area contributed by atoms with E-state index >= 15 is 0 Å². The topological polar surface area (TPSA) is 36.9 Å². The van der Waals surface area contributed by atoms with Crippen LogP contribution in [-0.4, -0.2) is 57.5 Å². The Morgan fingerprint density at radius 2 is 0.860 bits per heavy atom. The summed E-state index contributed by atoms with van der Waals surface area (Å²) >= 11 is 0. The molecule has 5 aliphatic rings. The van der Waals surface area contributed by atoms with Gasteiger partial charge >= 0.3 is 0 Å². The lowest BCUT2D eigenvalue weighted by Crippen LogP contribution is -2.27. The van der Waals surface area contributed by atoms with E-state index < -0.39 is 6.17 Å². The van der Waals surface area contributed by atoms with Gasteiger partial charge < -0.3 is 18.9 Å². The summed E-state index contributed by atoms with van der Waals surface area (Å²) in [5.74, 6) is 4.19. The summed E-state index contributed by atoms with van der Waals surface area (Å²) in [6.07, 6.45) is 15.1. The summed E-state index contributed by atoms with van der Waals surface area (Å²) in [5.41, 5.74) is 0.490. The van der Waals surface area contributed by atoms with Crippen LogP contribution in [0.4, 0.5) is 4.39 Å². The second-order valence-corrected chi connectivity index (χ2v) is 15.4. The highest BCUT2D eigenvalue weighted by Gasteiger charge is 2.26. The highest BCUT2D eigenvalue weighted by Crippen LogP contribution is 2.33. The lowest BCUT2D eigenvalue weighted by atomic mass is 9.76. The van der Waals surface area contributed by atoms with Crippen molar-refractivity contribution in [2.24, 2.45) is 35.0 Å². The van der Waals surface area contributed by atoms with Crippen LogP contribution in [-0.2, 0) is 18.9 Å². The van der Waals surface area contributed by atoms with Crippen molar-refractivity contribution in [3.63, 3.8) is 0 Å². The number of ether oxygens (including phenoxy) is 4. The molecule has 0 N–H and O–H groups in total. The maximum Gasteiger partial charge on any atom is 0.100 e. The minimum Gasteiger partial charge on any atom is -0.381 e. The van der Waals surface area contributed by atoms with Gasteiger partial charge in [0.1, 0.15) is 6.17 Å². The van der Waals surface area contributed by atoms with Gasteiger partial charge in [0.05, 0.1) is 18.3 Å². The molecule has 0 aromatic heterocycles. The van der Waals surface area contributed by atoms with Crippen LogP contribution in [0.15, 0.2) is 0 Å². The Morgan fingerprint density at radius 3 is 1.06 bits per heavy atom. The smallest absolute Gasteiger partial charge is 0.100 e. The zero-order chi connectivity index (χ0) is 39.5. The Kier molecular flexibility index (Phi) is 43.5. The van der Waals surface area contributed by atoms with Crippen LogP contribution in [0.3, 0.4) is 0 Å². The zero-order valence-electron chi connectivity index (χ0n) is 37.7. The van der Waals surface area contributed by atoms with Gasteiger partial charge in [-0.2, -0.15) is 0 Å². The van der Waals surface area contributed by atoms with Crippen molar-refractivity contribution in [2.45, 2.75) is 226 Å². The number of halogens is 1. The van der Waals surface area contributed by atoms with Gasteiger partial charge in [-0.05, 0) is 126 Å². The van der Waals surface area contributed by atoms with Gasteiger partial charge in [-0.15, -0.1) is 0 Å². The van der Waals surface area contributed by atoms with E-state index in [9.17, 15) is 4.39 Å². The van der Waals surface area contributed by atoms with Crippen LogP contribution in [0.5, 0.6) is 0 Å². The number of hydrogen-bond acceptors (Lipinski definition) is 4. The first-order valence-electron chi connectivity index (χ1n) is 21.9. The molecule has 0 unspecified atom stereocenters. The summed E-state index contributed by atoms with van der Waals surface area (Å²) in [6, 6.07) is 0. The van der Waals surface area contributed by atoms with E-state index in [-0.39, 0.29) is 0 Å². The van der Waals surface area contributed by atoms with Gasteiger partial charge in [0, 0.05) is 33.0 Å².